The number of aromatic nitrogens is 2. The second-order valence-corrected chi connectivity index (χ2v) is 5.41. The molecule has 2 heterocycles. The maximum absolute atomic E-state index is 12.3. The number of hydrogen-bond acceptors (Lipinski definition) is 4. The number of ether oxygens (including phenoxy) is 1. The average molecular weight is 300 g/mol. The first-order valence-electron chi connectivity index (χ1n) is 7.51. The lowest BCUT2D eigenvalue weighted by atomic mass is 10.1. The van der Waals surface area contributed by atoms with E-state index in [1.165, 1.54) is 0 Å². The molecule has 1 amide bonds. The summed E-state index contributed by atoms with van der Waals surface area (Å²) in [5.74, 6) is 0.635. The molecule has 0 aliphatic carbocycles. The monoisotopic (exact) mass is 300 g/mol. The Morgan fingerprint density at radius 2 is 2.23 bits per heavy atom. The largest absolute Gasteiger partial charge is 0.489 e. The molecule has 0 spiro atoms. The van der Waals surface area contributed by atoms with Gasteiger partial charge < -0.3 is 15.4 Å². The van der Waals surface area contributed by atoms with Gasteiger partial charge in [0.1, 0.15) is 11.9 Å². The number of amides is 1. The fraction of sp³-hybridized carbons (Fsp3) is 0.375. The van der Waals surface area contributed by atoms with Gasteiger partial charge in [0.15, 0.2) is 5.69 Å². The van der Waals surface area contributed by atoms with Crippen LogP contribution < -0.4 is 15.4 Å². The van der Waals surface area contributed by atoms with Crippen molar-refractivity contribution in [2.45, 2.75) is 26.0 Å². The SMILES string of the molecule is CC(CNC(=O)c1n[nH]c2c1CNCC2)Oc1ccccc1. The molecule has 0 bridgehead atoms. The standard InChI is InChI=1S/C16H20N4O2/c1-11(22-12-5-3-2-4-6-12)9-18-16(21)15-13-10-17-8-7-14(13)19-20-15/h2-6,11,17H,7-10H2,1H3,(H,18,21)(H,19,20). The Bertz CT molecular complexity index is 639. The van der Waals surface area contributed by atoms with Crippen LogP contribution in [0.2, 0.25) is 0 Å². The van der Waals surface area contributed by atoms with Gasteiger partial charge >= 0.3 is 0 Å². The second kappa shape index (κ2) is 6.62. The highest BCUT2D eigenvalue weighted by Gasteiger charge is 2.21. The van der Waals surface area contributed by atoms with E-state index in [0.29, 0.717) is 18.8 Å². The summed E-state index contributed by atoms with van der Waals surface area (Å²) < 4.78 is 5.74. The predicted octanol–water partition coefficient (Wildman–Crippen LogP) is 1.25. The van der Waals surface area contributed by atoms with Crippen LogP contribution in [0.4, 0.5) is 0 Å². The van der Waals surface area contributed by atoms with E-state index < -0.39 is 0 Å². The van der Waals surface area contributed by atoms with Gasteiger partial charge in [-0.05, 0) is 19.1 Å². The van der Waals surface area contributed by atoms with Crippen LogP contribution in [0.3, 0.4) is 0 Å². The molecule has 1 aromatic heterocycles. The summed E-state index contributed by atoms with van der Waals surface area (Å²) >= 11 is 0. The number of H-pyrrole nitrogens is 1. The number of hydrogen-bond donors (Lipinski definition) is 3. The molecule has 0 saturated heterocycles. The Hall–Kier alpha value is -2.34. The van der Waals surface area contributed by atoms with Gasteiger partial charge in [0.25, 0.3) is 5.91 Å². The van der Waals surface area contributed by atoms with Crippen LogP contribution in [-0.4, -0.2) is 35.3 Å². The van der Waals surface area contributed by atoms with Crippen molar-refractivity contribution in [3.8, 4) is 5.75 Å². The molecule has 6 heteroatoms. The van der Waals surface area contributed by atoms with Crippen molar-refractivity contribution in [2.24, 2.45) is 0 Å². The lowest BCUT2D eigenvalue weighted by molar-refractivity contribution is 0.0926. The zero-order valence-corrected chi connectivity index (χ0v) is 12.6. The van der Waals surface area contributed by atoms with E-state index in [1.807, 2.05) is 37.3 Å². The van der Waals surface area contributed by atoms with Crippen molar-refractivity contribution in [2.75, 3.05) is 13.1 Å². The summed E-state index contributed by atoms with van der Waals surface area (Å²) in [5, 5.41) is 13.2. The lowest BCUT2D eigenvalue weighted by Gasteiger charge is -2.16. The van der Waals surface area contributed by atoms with Crippen LogP contribution in [0.15, 0.2) is 30.3 Å². The number of carbonyl (C=O) groups excluding carboxylic acids is 1. The molecule has 3 N–H and O–H groups in total. The Kier molecular flexibility index (Phi) is 4.39. The molecular weight excluding hydrogens is 280 g/mol. The maximum atomic E-state index is 12.3. The van der Waals surface area contributed by atoms with Gasteiger partial charge in [0.2, 0.25) is 0 Å². The molecule has 1 aliphatic rings. The van der Waals surface area contributed by atoms with Crippen molar-refractivity contribution in [1.82, 2.24) is 20.8 Å². The summed E-state index contributed by atoms with van der Waals surface area (Å²) in [5.41, 5.74) is 2.51. The minimum Gasteiger partial charge on any atom is -0.489 e. The zero-order valence-electron chi connectivity index (χ0n) is 12.6. The van der Waals surface area contributed by atoms with Gasteiger partial charge in [-0.1, -0.05) is 18.2 Å². The smallest absolute Gasteiger partial charge is 0.272 e. The molecule has 22 heavy (non-hydrogen) atoms. The zero-order chi connectivity index (χ0) is 15.4. The Balaban J connectivity index is 1.55. The summed E-state index contributed by atoms with van der Waals surface area (Å²) in [6.07, 6.45) is 0.766. The van der Waals surface area contributed by atoms with E-state index in [1.54, 1.807) is 0 Å². The number of nitrogens with zero attached hydrogens (tertiary/aromatic N) is 1. The van der Waals surface area contributed by atoms with Gasteiger partial charge in [-0.3, -0.25) is 9.89 Å². The minimum atomic E-state index is -0.162. The van der Waals surface area contributed by atoms with Crippen molar-refractivity contribution >= 4 is 5.91 Å². The van der Waals surface area contributed by atoms with E-state index >= 15 is 0 Å². The van der Waals surface area contributed by atoms with Gasteiger partial charge in [-0.25, -0.2) is 0 Å². The fourth-order valence-electron chi connectivity index (χ4n) is 2.51. The van der Waals surface area contributed by atoms with Crippen LogP contribution in [0.1, 0.15) is 28.7 Å². The normalized spacial score (nSPS) is 15.0. The summed E-state index contributed by atoms with van der Waals surface area (Å²) in [6, 6.07) is 9.57. The van der Waals surface area contributed by atoms with Crippen molar-refractivity contribution in [1.29, 1.82) is 0 Å². The third-order valence-electron chi connectivity index (χ3n) is 3.65. The van der Waals surface area contributed by atoms with Crippen LogP contribution in [0, 0.1) is 0 Å². The molecule has 0 saturated carbocycles. The molecule has 3 rings (SSSR count). The first-order chi connectivity index (χ1) is 10.7. The van der Waals surface area contributed by atoms with Gasteiger partial charge in [-0.2, -0.15) is 5.10 Å². The molecule has 0 fully saturated rings. The minimum absolute atomic E-state index is 0.112. The highest BCUT2D eigenvalue weighted by molar-refractivity contribution is 5.94. The molecule has 2 aromatic rings. The van der Waals surface area contributed by atoms with Gasteiger partial charge in [-0.15, -0.1) is 0 Å². The van der Waals surface area contributed by atoms with Crippen molar-refractivity contribution in [3.05, 3.63) is 47.3 Å². The Labute approximate surface area is 129 Å². The Morgan fingerprint density at radius 1 is 1.41 bits per heavy atom. The summed E-state index contributed by atoms with van der Waals surface area (Å²) in [7, 11) is 0. The molecule has 1 aromatic carbocycles. The van der Waals surface area contributed by atoms with Crippen LogP contribution >= 0.6 is 0 Å². The number of benzene rings is 1. The Morgan fingerprint density at radius 3 is 3.05 bits per heavy atom. The number of nitrogens with one attached hydrogen (secondary N) is 3. The second-order valence-electron chi connectivity index (χ2n) is 5.41. The number of carbonyl (C=O) groups is 1. The van der Waals surface area contributed by atoms with Crippen molar-refractivity contribution < 1.29 is 9.53 Å². The maximum Gasteiger partial charge on any atom is 0.272 e. The van der Waals surface area contributed by atoms with Crippen molar-refractivity contribution in [3.63, 3.8) is 0 Å². The first-order valence-corrected chi connectivity index (χ1v) is 7.51. The number of para-hydroxylation sites is 1. The number of fused-ring (bicyclic) bond motifs is 1. The third kappa shape index (κ3) is 3.28. The molecule has 116 valence electrons. The van der Waals surface area contributed by atoms with E-state index in [9.17, 15) is 4.79 Å². The molecule has 1 aliphatic heterocycles. The summed E-state index contributed by atoms with van der Waals surface area (Å²) in [4.78, 5) is 12.3. The number of aromatic amines is 1. The molecule has 1 atom stereocenters. The van der Waals surface area contributed by atoms with Gasteiger partial charge in [0.05, 0.1) is 6.54 Å². The topological polar surface area (TPSA) is 79.0 Å². The van der Waals surface area contributed by atoms with E-state index in [0.717, 1.165) is 30.0 Å². The van der Waals surface area contributed by atoms with Crippen LogP contribution in [0.5, 0.6) is 5.75 Å². The van der Waals surface area contributed by atoms with E-state index in [2.05, 4.69) is 20.8 Å². The average Bonchev–Trinajstić information content (AvgIpc) is 2.98. The molecule has 6 nitrogen and oxygen atoms in total. The first kappa shape index (κ1) is 14.6. The van der Waals surface area contributed by atoms with Crippen LogP contribution in [-0.2, 0) is 13.0 Å². The number of rotatable bonds is 5. The quantitative estimate of drug-likeness (QED) is 0.776. The lowest BCUT2D eigenvalue weighted by Crippen LogP contribution is -2.35. The fourth-order valence-corrected chi connectivity index (χ4v) is 2.51. The molecule has 0 radical (unpaired) electrons. The van der Waals surface area contributed by atoms with Crippen LogP contribution in [0.25, 0.3) is 0 Å². The van der Waals surface area contributed by atoms with Gasteiger partial charge in [0, 0.05) is 30.8 Å². The molecule has 1 unspecified atom stereocenters. The van der Waals surface area contributed by atoms with E-state index in [4.69, 9.17) is 4.74 Å². The predicted molar refractivity (Wildman–Crippen MR) is 82.9 cm³/mol. The third-order valence-corrected chi connectivity index (χ3v) is 3.65. The van der Waals surface area contributed by atoms with E-state index in [-0.39, 0.29) is 12.0 Å². The summed E-state index contributed by atoms with van der Waals surface area (Å²) in [6.45, 7) is 3.96. The highest BCUT2D eigenvalue weighted by Crippen LogP contribution is 2.15. The molecular formula is C16H20N4O2. The highest BCUT2D eigenvalue weighted by atomic mass is 16.5.